The van der Waals surface area contributed by atoms with E-state index in [0.717, 1.165) is 12.8 Å². The molecule has 1 unspecified atom stereocenters. The van der Waals surface area contributed by atoms with E-state index in [9.17, 15) is 9.59 Å². The monoisotopic (exact) mass is 311 g/mol. The van der Waals surface area contributed by atoms with Crippen LogP contribution in [0.25, 0.3) is 0 Å². The maximum atomic E-state index is 12.6. The Bertz CT molecular complexity index is 739. The number of anilines is 1. The van der Waals surface area contributed by atoms with Crippen molar-refractivity contribution in [1.29, 1.82) is 0 Å². The van der Waals surface area contributed by atoms with E-state index < -0.39 is 0 Å². The van der Waals surface area contributed by atoms with Gasteiger partial charge in [-0.2, -0.15) is 0 Å². The number of benzene rings is 1. The second kappa shape index (κ2) is 6.77. The van der Waals surface area contributed by atoms with Crippen LogP contribution in [0.4, 0.5) is 5.82 Å². The molecule has 0 saturated heterocycles. The number of hydrogen-bond donors (Lipinski definition) is 1. The number of amides is 1. The van der Waals surface area contributed by atoms with Gasteiger partial charge in [0.15, 0.2) is 0 Å². The molecule has 0 spiro atoms. The van der Waals surface area contributed by atoms with Gasteiger partial charge in [-0.3, -0.25) is 14.5 Å². The molecule has 3 rings (SSSR count). The van der Waals surface area contributed by atoms with Crippen LogP contribution in [0.15, 0.2) is 41.5 Å². The van der Waals surface area contributed by atoms with Gasteiger partial charge in [0.1, 0.15) is 5.82 Å². The molecule has 5 heteroatoms. The van der Waals surface area contributed by atoms with Gasteiger partial charge in [-0.25, -0.2) is 4.98 Å². The highest BCUT2D eigenvalue weighted by molar-refractivity contribution is 5.93. The van der Waals surface area contributed by atoms with Gasteiger partial charge in [-0.15, -0.1) is 0 Å². The number of hydrogen-bond acceptors (Lipinski definition) is 3. The number of fused-ring (bicyclic) bond motifs is 1. The Morgan fingerprint density at radius 2 is 2.13 bits per heavy atom. The number of nitrogens with zero attached hydrogens (tertiary/aromatic N) is 2. The molecule has 0 saturated carbocycles. The molecular formula is C18H21N3O2. The summed E-state index contributed by atoms with van der Waals surface area (Å²) in [7, 11) is 0. The largest absolute Gasteiger partial charge is 0.313 e. The van der Waals surface area contributed by atoms with E-state index in [4.69, 9.17) is 0 Å². The summed E-state index contributed by atoms with van der Waals surface area (Å²) in [6.07, 6.45) is 4.12. The van der Waals surface area contributed by atoms with Crippen molar-refractivity contribution in [3.63, 3.8) is 0 Å². The number of carbonyl (C=O) groups excluding carboxylic acids is 1. The van der Waals surface area contributed by atoms with E-state index in [-0.39, 0.29) is 11.5 Å². The SMILES string of the molecule is CC(CCC(=O)N1CCCc2c1nc[nH]c2=O)c1ccccc1. The van der Waals surface area contributed by atoms with Crippen molar-refractivity contribution in [2.75, 3.05) is 11.4 Å². The fraction of sp³-hybridized carbons (Fsp3) is 0.389. The minimum atomic E-state index is -0.134. The first-order chi connectivity index (χ1) is 11.2. The summed E-state index contributed by atoms with van der Waals surface area (Å²) in [6, 6.07) is 10.2. The molecule has 0 fully saturated rings. The van der Waals surface area contributed by atoms with Gasteiger partial charge < -0.3 is 4.98 Å². The van der Waals surface area contributed by atoms with E-state index in [1.165, 1.54) is 11.9 Å². The second-order valence-electron chi connectivity index (χ2n) is 6.03. The molecule has 0 bridgehead atoms. The topological polar surface area (TPSA) is 66.1 Å². The van der Waals surface area contributed by atoms with Gasteiger partial charge in [0.2, 0.25) is 5.91 Å². The minimum Gasteiger partial charge on any atom is -0.313 e. The van der Waals surface area contributed by atoms with E-state index in [0.29, 0.717) is 36.7 Å². The molecule has 1 amide bonds. The second-order valence-corrected chi connectivity index (χ2v) is 6.03. The highest BCUT2D eigenvalue weighted by Gasteiger charge is 2.25. The molecule has 0 radical (unpaired) electrons. The minimum absolute atomic E-state index is 0.0480. The molecule has 1 aromatic carbocycles. The van der Waals surface area contributed by atoms with Crippen molar-refractivity contribution in [2.24, 2.45) is 0 Å². The summed E-state index contributed by atoms with van der Waals surface area (Å²) in [5.41, 5.74) is 1.74. The van der Waals surface area contributed by atoms with E-state index in [2.05, 4.69) is 29.0 Å². The van der Waals surface area contributed by atoms with E-state index in [1.54, 1.807) is 4.90 Å². The average Bonchev–Trinajstić information content (AvgIpc) is 2.60. The normalized spacial score (nSPS) is 15.1. The molecule has 1 aromatic heterocycles. The molecular weight excluding hydrogens is 290 g/mol. The number of H-pyrrole nitrogens is 1. The molecule has 1 atom stereocenters. The lowest BCUT2D eigenvalue weighted by Gasteiger charge is -2.27. The predicted molar refractivity (Wildman–Crippen MR) is 89.6 cm³/mol. The van der Waals surface area contributed by atoms with Crippen LogP contribution in [-0.2, 0) is 11.2 Å². The van der Waals surface area contributed by atoms with Gasteiger partial charge >= 0.3 is 0 Å². The molecule has 0 aliphatic carbocycles. The summed E-state index contributed by atoms with van der Waals surface area (Å²) >= 11 is 0. The summed E-state index contributed by atoms with van der Waals surface area (Å²) in [4.78, 5) is 32.9. The van der Waals surface area contributed by atoms with Crippen molar-refractivity contribution < 1.29 is 4.79 Å². The van der Waals surface area contributed by atoms with Crippen LogP contribution in [0.1, 0.15) is 43.2 Å². The lowest BCUT2D eigenvalue weighted by Crippen LogP contribution is -2.38. The molecule has 2 heterocycles. The lowest BCUT2D eigenvalue weighted by atomic mass is 9.96. The molecule has 2 aromatic rings. The van der Waals surface area contributed by atoms with Crippen molar-refractivity contribution in [2.45, 2.75) is 38.5 Å². The van der Waals surface area contributed by atoms with Crippen LogP contribution >= 0.6 is 0 Å². The maximum Gasteiger partial charge on any atom is 0.256 e. The van der Waals surface area contributed by atoms with Crippen molar-refractivity contribution in [1.82, 2.24) is 9.97 Å². The van der Waals surface area contributed by atoms with Crippen LogP contribution in [-0.4, -0.2) is 22.4 Å². The van der Waals surface area contributed by atoms with Gasteiger partial charge in [0, 0.05) is 13.0 Å². The van der Waals surface area contributed by atoms with E-state index >= 15 is 0 Å². The van der Waals surface area contributed by atoms with Crippen LogP contribution in [0.2, 0.25) is 0 Å². The fourth-order valence-electron chi connectivity index (χ4n) is 3.06. The highest BCUT2D eigenvalue weighted by Crippen LogP contribution is 2.25. The van der Waals surface area contributed by atoms with Crippen LogP contribution in [0.3, 0.4) is 0 Å². The zero-order valence-corrected chi connectivity index (χ0v) is 13.3. The van der Waals surface area contributed by atoms with Gasteiger partial charge in [0.25, 0.3) is 5.56 Å². The Balaban J connectivity index is 1.68. The number of aromatic amines is 1. The first-order valence-electron chi connectivity index (χ1n) is 8.08. The van der Waals surface area contributed by atoms with E-state index in [1.807, 2.05) is 18.2 Å². The summed E-state index contributed by atoms with van der Waals surface area (Å²) < 4.78 is 0. The highest BCUT2D eigenvalue weighted by atomic mass is 16.2. The third-order valence-corrected chi connectivity index (χ3v) is 4.45. The van der Waals surface area contributed by atoms with Crippen molar-refractivity contribution in [3.8, 4) is 0 Å². The Hall–Kier alpha value is -2.43. The van der Waals surface area contributed by atoms with Gasteiger partial charge in [-0.05, 0) is 30.7 Å². The Kier molecular flexibility index (Phi) is 4.55. The molecule has 23 heavy (non-hydrogen) atoms. The summed E-state index contributed by atoms with van der Waals surface area (Å²) in [5, 5.41) is 0. The Morgan fingerprint density at radius 3 is 2.91 bits per heavy atom. The standard InChI is InChI=1S/C18H21N3O2/c1-13(14-6-3-2-4-7-14)9-10-16(22)21-11-5-8-15-17(21)19-12-20-18(15)23/h2-4,6-7,12-13H,5,8-11H2,1H3,(H,19,20,23). The molecule has 5 nitrogen and oxygen atoms in total. The Labute approximate surface area is 135 Å². The molecule has 120 valence electrons. The van der Waals surface area contributed by atoms with Gasteiger partial charge in [-0.1, -0.05) is 37.3 Å². The van der Waals surface area contributed by atoms with Crippen molar-refractivity contribution in [3.05, 3.63) is 58.1 Å². The first-order valence-corrected chi connectivity index (χ1v) is 8.08. The quantitative estimate of drug-likeness (QED) is 0.944. The van der Waals surface area contributed by atoms with Crippen LogP contribution in [0.5, 0.6) is 0 Å². The molecule has 1 aliphatic rings. The average molecular weight is 311 g/mol. The smallest absolute Gasteiger partial charge is 0.256 e. The maximum absolute atomic E-state index is 12.6. The number of nitrogens with one attached hydrogen (secondary N) is 1. The number of aromatic nitrogens is 2. The molecule has 1 aliphatic heterocycles. The predicted octanol–water partition coefficient (Wildman–Crippen LogP) is 2.63. The van der Waals surface area contributed by atoms with Crippen LogP contribution in [0, 0.1) is 0 Å². The summed E-state index contributed by atoms with van der Waals surface area (Å²) in [6.45, 7) is 2.78. The Morgan fingerprint density at radius 1 is 1.35 bits per heavy atom. The molecule has 1 N–H and O–H groups in total. The van der Waals surface area contributed by atoms with Gasteiger partial charge in [0.05, 0.1) is 11.9 Å². The zero-order chi connectivity index (χ0) is 16.2. The fourth-order valence-corrected chi connectivity index (χ4v) is 3.06. The number of rotatable bonds is 4. The zero-order valence-electron chi connectivity index (χ0n) is 13.3. The van der Waals surface area contributed by atoms with Crippen LogP contribution < -0.4 is 10.5 Å². The van der Waals surface area contributed by atoms with Crippen molar-refractivity contribution >= 4 is 11.7 Å². The first kappa shape index (κ1) is 15.5. The number of carbonyl (C=O) groups is 1. The summed E-state index contributed by atoms with van der Waals surface area (Å²) in [5.74, 6) is 0.917. The third-order valence-electron chi connectivity index (χ3n) is 4.45. The third kappa shape index (κ3) is 3.33. The lowest BCUT2D eigenvalue weighted by molar-refractivity contribution is -0.118.